The maximum Gasteiger partial charge on any atom is 0.240 e. The molecule has 1 fully saturated rings. The van der Waals surface area contributed by atoms with E-state index in [9.17, 15) is 14.0 Å². The molecule has 0 radical (unpaired) electrons. The summed E-state index contributed by atoms with van der Waals surface area (Å²) in [5.41, 5.74) is 2.24. The highest BCUT2D eigenvalue weighted by molar-refractivity contribution is 6.17. The zero-order valence-corrected chi connectivity index (χ0v) is 15.2. The molecule has 1 aliphatic carbocycles. The third kappa shape index (κ3) is 3.47. The molecule has 136 valence electrons. The number of hydrogen-bond donors (Lipinski definition) is 2. The van der Waals surface area contributed by atoms with Gasteiger partial charge in [-0.25, -0.2) is 4.39 Å². The first-order valence-corrected chi connectivity index (χ1v) is 8.81. The lowest BCUT2D eigenvalue weighted by molar-refractivity contribution is -0.131. The van der Waals surface area contributed by atoms with Gasteiger partial charge in [0, 0.05) is 11.4 Å². The summed E-state index contributed by atoms with van der Waals surface area (Å²) in [5, 5.41) is 5.70. The van der Waals surface area contributed by atoms with Gasteiger partial charge in [0.15, 0.2) is 0 Å². The van der Waals surface area contributed by atoms with Gasteiger partial charge in [0.1, 0.15) is 11.2 Å². The van der Waals surface area contributed by atoms with E-state index in [1.807, 2.05) is 25.1 Å². The fourth-order valence-corrected chi connectivity index (χ4v) is 3.04. The quantitative estimate of drug-likeness (QED) is 0.770. The molecule has 0 saturated heterocycles. The van der Waals surface area contributed by atoms with Gasteiger partial charge >= 0.3 is 0 Å². The number of nitrogens with one attached hydrogen (secondary N) is 2. The number of amides is 2. The van der Waals surface area contributed by atoms with Crippen molar-refractivity contribution in [3.63, 3.8) is 0 Å². The molecule has 2 N–H and O–H groups in total. The first-order chi connectivity index (χ1) is 12.3. The number of aryl methyl sites for hydroxylation is 1. The lowest BCUT2D eigenvalue weighted by Crippen LogP contribution is -2.36. The normalized spacial score (nSPS) is 14.8. The van der Waals surface area contributed by atoms with E-state index in [1.165, 1.54) is 24.3 Å². The van der Waals surface area contributed by atoms with E-state index in [0.29, 0.717) is 18.5 Å². The minimum absolute atomic E-state index is 0.258. The lowest BCUT2D eigenvalue weighted by atomic mass is 9.97. The number of benzene rings is 2. The van der Waals surface area contributed by atoms with Crippen LogP contribution in [0.4, 0.5) is 15.8 Å². The molecular weight excluding hydrogens is 331 g/mol. The van der Waals surface area contributed by atoms with Gasteiger partial charge in [-0.1, -0.05) is 32.0 Å². The van der Waals surface area contributed by atoms with Crippen LogP contribution >= 0.6 is 0 Å². The van der Waals surface area contributed by atoms with Crippen molar-refractivity contribution in [2.45, 2.75) is 39.5 Å². The topological polar surface area (TPSA) is 58.2 Å². The molecule has 2 amide bonds. The van der Waals surface area contributed by atoms with Crippen molar-refractivity contribution in [2.24, 2.45) is 5.41 Å². The molecule has 0 aliphatic heterocycles. The van der Waals surface area contributed by atoms with E-state index in [-0.39, 0.29) is 23.5 Å². The van der Waals surface area contributed by atoms with Gasteiger partial charge in [-0.15, -0.1) is 0 Å². The summed E-state index contributed by atoms with van der Waals surface area (Å²) < 4.78 is 13.0. The maximum absolute atomic E-state index is 13.0. The molecule has 0 heterocycles. The Hall–Kier alpha value is -2.69. The molecule has 1 saturated carbocycles. The van der Waals surface area contributed by atoms with Crippen molar-refractivity contribution >= 4 is 23.2 Å². The molecule has 0 bridgehead atoms. The monoisotopic (exact) mass is 354 g/mol. The second-order valence-corrected chi connectivity index (χ2v) is 7.19. The van der Waals surface area contributed by atoms with Crippen LogP contribution in [-0.2, 0) is 9.59 Å². The first kappa shape index (κ1) is 18.1. The predicted molar refractivity (Wildman–Crippen MR) is 101 cm³/mol. The number of hydrogen-bond acceptors (Lipinski definition) is 2. The largest absolute Gasteiger partial charge is 0.325 e. The average Bonchev–Trinajstić information content (AvgIpc) is 3.40. The molecule has 26 heavy (non-hydrogen) atoms. The molecular formula is C21H23FN2O2. The third-order valence-corrected chi connectivity index (χ3v) is 4.89. The van der Waals surface area contributed by atoms with Crippen LogP contribution in [0.2, 0.25) is 0 Å². The highest BCUT2D eigenvalue weighted by Crippen LogP contribution is 2.48. The second kappa shape index (κ2) is 6.90. The van der Waals surface area contributed by atoms with Crippen LogP contribution in [0.25, 0.3) is 0 Å². The van der Waals surface area contributed by atoms with E-state index in [4.69, 9.17) is 0 Å². The Labute approximate surface area is 152 Å². The van der Waals surface area contributed by atoms with Crippen molar-refractivity contribution in [3.8, 4) is 0 Å². The van der Waals surface area contributed by atoms with Crippen LogP contribution in [0.1, 0.15) is 43.7 Å². The number of anilines is 2. The number of carbonyl (C=O) groups excluding carboxylic acids is 2. The van der Waals surface area contributed by atoms with Gasteiger partial charge in [-0.05, 0) is 61.1 Å². The number of para-hydroxylation sites is 1. The SMILES string of the molecule is Cc1cccc(C(C)C)c1NC(=O)C1(C(=O)Nc2ccc(F)cc2)CC1. The van der Waals surface area contributed by atoms with Gasteiger partial charge < -0.3 is 10.6 Å². The molecule has 4 nitrogen and oxygen atoms in total. The van der Waals surface area contributed by atoms with E-state index < -0.39 is 5.41 Å². The Balaban J connectivity index is 1.77. The van der Waals surface area contributed by atoms with Gasteiger partial charge in [0.05, 0.1) is 0 Å². The standard InChI is InChI=1S/C21H23FN2O2/c1-13(2)17-6-4-5-14(3)18(17)24-20(26)21(11-12-21)19(25)23-16-9-7-15(22)8-10-16/h4-10,13H,11-12H2,1-3H3,(H,23,25)(H,24,26). The molecule has 5 heteroatoms. The molecule has 3 rings (SSSR count). The minimum atomic E-state index is -1.05. The summed E-state index contributed by atoms with van der Waals surface area (Å²) in [4.78, 5) is 25.5. The van der Waals surface area contributed by atoms with Gasteiger partial charge in [-0.2, -0.15) is 0 Å². The lowest BCUT2D eigenvalue weighted by Gasteiger charge is -2.20. The third-order valence-electron chi connectivity index (χ3n) is 4.89. The fraction of sp³-hybridized carbons (Fsp3) is 0.333. The van der Waals surface area contributed by atoms with Crippen molar-refractivity contribution in [1.29, 1.82) is 0 Å². The molecule has 0 spiro atoms. The average molecular weight is 354 g/mol. The second-order valence-electron chi connectivity index (χ2n) is 7.19. The number of carbonyl (C=O) groups is 2. The fourth-order valence-electron chi connectivity index (χ4n) is 3.04. The molecule has 0 aromatic heterocycles. The summed E-state index contributed by atoms with van der Waals surface area (Å²) in [6.45, 7) is 6.08. The molecule has 1 aliphatic rings. The van der Waals surface area contributed by atoms with Crippen LogP contribution < -0.4 is 10.6 Å². The van der Waals surface area contributed by atoms with E-state index in [0.717, 1.165) is 16.8 Å². The number of halogens is 1. The van der Waals surface area contributed by atoms with E-state index in [1.54, 1.807) is 0 Å². The van der Waals surface area contributed by atoms with Crippen molar-refractivity contribution in [1.82, 2.24) is 0 Å². The van der Waals surface area contributed by atoms with Crippen LogP contribution in [0.5, 0.6) is 0 Å². The van der Waals surface area contributed by atoms with Crippen LogP contribution in [-0.4, -0.2) is 11.8 Å². The van der Waals surface area contributed by atoms with Gasteiger partial charge in [0.25, 0.3) is 0 Å². The summed E-state index contributed by atoms with van der Waals surface area (Å²) in [6.07, 6.45) is 1.02. The summed E-state index contributed by atoms with van der Waals surface area (Å²) in [5.74, 6) is -0.745. The molecule has 2 aromatic carbocycles. The number of rotatable bonds is 5. The smallest absolute Gasteiger partial charge is 0.240 e. The Bertz CT molecular complexity index is 840. The highest BCUT2D eigenvalue weighted by atomic mass is 19.1. The van der Waals surface area contributed by atoms with Crippen LogP contribution in [0.15, 0.2) is 42.5 Å². The zero-order chi connectivity index (χ0) is 18.9. The van der Waals surface area contributed by atoms with Crippen molar-refractivity contribution in [2.75, 3.05) is 10.6 Å². The predicted octanol–water partition coefficient (Wildman–Crippen LogP) is 4.61. The Morgan fingerprint density at radius 2 is 1.62 bits per heavy atom. The summed E-state index contributed by atoms with van der Waals surface area (Å²) in [7, 11) is 0. The van der Waals surface area contributed by atoms with Gasteiger partial charge in [0.2, 0.25) is 11.8 Å². The first-order valence-electron chi connectivity index (χ1n) is 8.81. The minimum Gasteiger partial charge on any atom is -0.325 e. The molecule has 0 atom stereocenters. The Morgan fingerprint density at radius 3 is 2.19 bits per heavy atom. The molecule has 2 aromatic rings. The van der Waals surface area contributed by atoms with Crippen LogP contribution in [0.3, 0.4) is 0 Å². The Morgan fingerprint density at radius 1 is 1.00 bits per heavy atom. The van der Waals surface area contributed by atoms with Crippen molar-refractivity contribution in [3.05, 3.63) is 59.4 Å². The van der Waals surface area contributed by atoms with Crippen molar-refractivity contribution < 1.29 is 14.0 Å². The van der Waals surface area contributed by atoms with Crippen LogP contribution in [0, 0.1) is 18.2 Å². The molecule has 0 unspecified atom stereocenters. The van der Waals surface area contributed by atoms with E-state index >= 15 is 0 Å². The highest BCUT2D eigenvalue weighted by Gasteiger charge is 2.56. The van der Waals surface area contributed by atoms with E-state index in [2.05, 4.69) is 24.5 Å². The summed E-state index contributed by atoms with van der Waals surface area (Å²) in [6, 6.07) is 11.4. The van der Waals surface area contributed by atoms with Gasteiger partial charge in [-0.3, -0.25) is 9.59 Å². The zero-order valence-electron chi connectivity index (χ0n) is 15.2. The maximum atomic E-state index is 13.0. The summed E-state index contributed by atoms with van der Waals surface area (Å²) >= 11 is 0. The Kier molecular flexibility index (Phi) is 4.81.